The number of anilines is 1. The Bertz CT molecular complexity index is 785. The summed E-state index contributed by atoms with van der Waals surface area (Å²) < 4.78 is 12.4. The number of esters is 1. The van der Waals surface area contributed by atoms with E-state index in [2.05, 4.69) is 15.0 Å². The lowest BCUT2D eigenvalue weighted by molar-refractivity contribution is -0.143. The number of imidazole rings is 1. The molecule has 1 fully saturated rings. The highest BCUT2D eigenvalue weighted by molar-refractivity contribution is 5.70. The number of nitrogens with two attached hydrogens (primary N) is 1. The number of hydrogen-bond donors (Lipinski definition) is 3. The van der Waals surface area contributed by atoms with E-state index in [4.69, 9.17) is 15.2 Å². The van der Waals surface area contributed by atoms with Gasteiger partial charge >= 0.3 is 5.97 Å². The van der Waals surface area contributed by atoms with E-state index in [0.29, 0.717) is 12.1 Å². The van der Waals surface area contributed by atoms with Crippen molar-refractivity contribution in [3.63, 3.8) is 0 Å². The van der Waals surface area contributed by atoms with Crippen molar-refractivity contribution in [2.45, 2.75) is 25.7 Å². The fraction of sp³-hybridized carbons (Fsp3) is 0.538. The van der Waals surface area contributed by atoms with Crippen LogP contribution < -0.4 is 11.3 Å². The molecule has 3 atom stereocenters. The average Bonchev–Trinajstić information content (AvgIpc) is 3.08. The maximum Gasteiger partial charge on any atom is 0.302 e. The van der Waals surface area contributed by atoms with Crippen LogP contribution in [0.25, 0.3) is 11.2 Å². The molecular formula is C13H17N5O5. The van der Waals surface area contributed by atoms with Crippen molar-refractivity contribution in [2.75, 3.05) is 18.9 Å². The van der Waals surface area contributed by atoms with Crippen LogP contribution in [-0.4, -0.2) is 49.9 Å². The second-order valence-corrected chi connectivity index (χ2v) is 5.39. The minimum absolute atomic E-state index is 0.0163. The summed E-state index contributed by atoms with van der Waals surface area (Å²) in [7, 11) is 0. The Balaban J connectivity index is 1.88. The van der Waals surface area contributed by atoms with Gasteiger partial charge in [0.15, 0.2) is 11.2 Å². The van der Waals surface area contributed by atoms with Crippen LogP contribution in [0.1, 0.15) is 19.6 Å². The van der Waals surface area contributed by atoms with Crippen molar-refractivity contribution < 1.29 is 19.4 Å². The highest BCUT2D eigenvalue weighted by atomic mass is 16.5. The molecule has 1 aliphatic heterocycles. The molecule has 0 radical (unpaired) electrons. The molecule has 3 rings (SSSR count). The maximum atomic E-state index is 11.8. The summed E-state index contributed by atoms with van der Waals surface area (Å²) in [6.45, 7) is 1.27. The van der Waals surface area contributed by atoms with Crippen molar-refractivity contribution in [3.05, 3.63) is 16.7 Å². The molecule has 0 bridgehead atoms. The van der Waals surface area contributed by atoms with Crippen LogP contribution in [-0.2, 0) is 14.3 Å². The summed E-state index contributed by atoms with van der Waals surface area (Å²) in [4.78, 5) is 33.2. The largest absolute Gasteiger partial charge is 0.465 e. The lowest BCUT2D eigenvalue weighted by Crippen LogP contribution is -2.25. The van der Waals surface area contributed by atoms with Crippen LogP contribution >= 0.6 is 0 Å². The normalized spacial score (nSPS) is 24.2. The quantitative estimate of drug-likeness (QED) is 0.617. The van der Waals surface area contributed by atoms with E-state index in [1.807, 2.05) is 0 Å². The summed E-state index contributed by atoms with van der Waals surface area (Å²) in [5.41, 5.74) is 5.60. The first-order valence-electron chi connectivity index (χ1n) is 7.11. The van der Waals surface area contributed by atoms with E-state index in [9.17, 15) is 14.7 Å². The Labute approximate surface area is 130 Å². The van der Waals surface area contributed by atoms with E-state index >= 15 is 0 Å². The summed E-state index contributed by atoms with van der Waals surface area (Å²) in [5.74, 6) is -0.567. The van der Waals surface area contributed by atoms with Gasteiger partial charge in [0.2, 0.25) is 5.95 Å². The molecule has 10 nitrogen and oxygen atoms in total. The monoisotopic (exact) mass is 323 g/mol. The van der Waals surface area contributed by atoms with Gasteiger partial charge in [0.1, 0.15) is 6.23 Å². The van der Waals surface area contributed by atoms with Gasteiger partial charge in [-0.1, -0.05) is 0 Å². The van der Waals surface area contributed by atoms with Crippen LogP contribution in [0, 0.1) is 5.92 Å². The van der Waals surface area contributed by atoms with Crippen molar-refractivity contribution in [1.29, 1.82) is 0 Å². The first-order chi connectivity index (χ1) is 11.0. The number of fused-ring (bicyclic) bond motifs is 1. The number of aromatic amines is 1. The van der Waals surface area contributed by atoms with Gasteiger partial charge in [0.25, 0.3) is 5.56 Å². The number of H-pyrrole nitrogens is 1. The number of aliphatic hydroxyl groups is 1. The summed E-state index contributed by atoms with van der Waals surface area (Å²) in [6, 6.07) is 0. The van der Waals surface area contributed by atoms with E-state index in [1.165, 1.54) is 13.3 Å². The number of rotatable bonds is 4. The molecule has 3 unspecified atom stereocenters. The third kappa shape index (κ3) is 2.90. The van der Waals surface area contributed by atoms with Gasteiger partial charge in [-0.2, -0.15) is 4.98 Å². The predicted octanol–water partition coefficient (Wildman–Crippen LogP) is -0.839. The fourth-order valence-electron chi connectivity index (χ4n) is 2.70. The molecule has 4 N–H and O–H groups in total. The number of hydrogen-bond acceptors (Lipinski definition) is 8. The van der Waals surface area contributed by atoms with Gasteiger partial charge in [0, 0.05) is 19.3 Å². The van der Waals surface area contributed by atoms with Crippen molar-refractivity contribution in [2.24, 2.45) is 5.92 Å². The van der Waals surface area contributed by atoms with Crippen LogP contribution in [0.4, 0.5) is 5.95 Å². The standard InChI is InChI=1S/C13H17N5O5/c1-6(20)22-4-7-2-9(23-8(7)3-19)18-5-15-10-11(18)16-13(14)17-12(10)21/h5,7-9,19H,2-4H2,1H3,(H3,14,16,17,21). The molecule has 23 heavy (non-hydrogen) atoms. The molecule has 124 valence electrons. The minimum Gasteiger partial charge on any atom is -0.465 e. The van der Waals surface area contributed by atoms with Crippen LogP contribution in [0.3, 0.4) is 0 Å². The Kier molecular flexibility index (Phi) is 4.01. The van der Waals surface area contributed by atoms with Gasteiger partial charge < -0.3 is 20.3 Å². The molecule has 3 heterocycles. The van der Waals surface area contributed by atoms with E-state index in [-0.39, 0.29) is 36.6 Å². The molecule has 0 spiro atoms. The molecule has 2 aromatic heterocycles. The third-order valence-corrected chi connectivity index (χ3v) is 3.80. The van der Waals surface area contributed by atoms with Crippen molar-refractivity contribution >= 4 is 23.1 Å². The average molecular weight is 323 g/mol. The van der Waals surface area contributed by atoms with Gasteiger partial charge in [-0.3, -0.25) is 19.1 Å². The highest BCUT2D eigenvalue weighted by Gasteiger charge is 2.37. The number of nitrogens with one attached hydrogen (secondary N) is 1. The number of aromatic nitrogens is 4. The van der Waals surface area contributed by atoms with E-state index in [1.54, 1.807) is 4.57 Å². The first-order valence-corrected chi connectivity index (χ1v) is 7.11. The van der Waals surface area contributed by atoms with Crippen LogP contribution in [0.5, 0.6) is 0 Å². The number of nitrogen functional groups attached to an aromatic ring is 1. The summed E-state index contributed by atoms with van der Waals surface area (Å²) in [6.07, 6.45) is 0.973. The second-order valence-electron chi connectivity index (χ2n) is 5.39. The predicted molar refractivity (Wildman–Crippen MR) is 78.3 cm³/mol. The molecule has 0 aliphatic carbocycles. The van der Waals surface area contributed by atoms with Gasteiger partial charge in [0.05, 0.1) is 25.6 Å². The molecule has 1 aliphatic rings. The van der Waals surface area contributed by atoms with Crippen molar-refractivity contribution in [1.82, 2.24) is 19.5 Å². The van der Waals surface area contributed by atoms with E-state index in [0.717, 1.165) is 0 Å². The molecule has 0 aromatic carbocycles. The van der Waals surface area contributed by atoms with E-state index < -0.39 is 17.9 Å². The second kappa shape index (κ2) is 5.97. The Morgan fingerprint density at radius 3 is 3.13 bits per heavy atom. The lowest BCUT2D eigenvalue weighted by atomic mass is 10.0. The Morgan fingerprint density at radius 1 is 1.65 bits per heavy atom. The molecule has 0 amide bonds. The van der Waals surface area contributed by atoms with Crippen LogP contribution in [0.15, 0.2) is 11.1 Å². The number of carbonyl (C=O) groups is 1. The fourth-order valence-corrected chi connectivity index (χ4v) is 2.70. The highest BCUT2D eigenvalue weighted by Crippen LogP contribution is 2.34. The maximum absolute atomic E-state index is 11.8. The number of ether oxygens (including phenoxy) is 2. The molecule has 1 saturated heterocycles. The minimum atomic E-state index is -0.480. The summed E-state index contributed by atoms with van der Waals surface area (Å²) >= 11 is 0. The Hall–Kier alpha value is -2.46. The third-order valence-electron chi connectivity index (χ3n) is 3.80. The SMILES string of the molecule is CC(=O)OCC1CC(n2cnc3c(=O)[nH]c(N)nc32)OC1CO. The summed E-state index contributed by atoms with van der Waals surface area (Å²) in [5, 5.41) is 9.44. The number of nitrogens with zero attached hydrogens (tertiary/aromatic N) is 3. The first kappa shape index (κ1) is 15.4. The zero-order valence-corrected chi connectivity index (χ0v) is 12.4. The molecule has 2 aromatic rings. The molecule has 10 heteroatoms. The smallest absolute Gasteiger partial charge is 0.302 e. The zero-order chi connectivity index (χ0) is 16.6. The van der Waals surface area contributed by atoms with Crippen LogP contribution in [0.2, 0.25) is 0 Å². The lowest BCUT2D eigenvalue weighted by Gasteiger charge is -2.15. The Morgan fingerprint density at radius 2 is 2.43 bits per heavy atom. The van der Waals surface area contributed by atoms with Gasteiger partial charge in [-0.15, -0.1) is 0 Å². The molecule has 0 saturated carbocycles. The van der Waals surface area contributed by atoms with Gasteiger partial charge in [-0.05, 0) is 0 Å². The topological polar surface area (TPSA) is 145 Å². The molecular weight excluding hydrogens is 306 g/mol. The number of aliphatic hydroxyl groups excluding tert-OH is 1. The van der Waals surface area contributed by atoms with Crippen molar-refractivity contribution in [3.8, 4) is 0 Å². The number of carbonyl (C=O) groups excluding carboxylic acids is 1. The zero-order valence-electron chi connectivity index (χ0n) is 12.4. The van der Waals surface area contributed by atoms with Gasteiger partial charge in [-0.25, -0.2) is 4.98 Å².